The maximum atomic E-state index is 13.6. The second-order valence-electron chi connectivity index (χ2n) is 4.22. The highest BCUT2D eigenvalue weighted by atomic mass is 79.9. The third kappa shape index (κ3) is 2.82. The second-order valence-corrected chi connectivity index (χ2v) is 5.07. The van der Waals surface area contributed by atoms with Gasteiger partial charge in [0.2, 0.25) is 0 Å². The summed E-state index contributed by atoms with van der Waals surface area (Å²) in [5.41, 5.74) is 1.03. The van der Waals surface area contributed by atoms with E-state index in [1.165, 1.54) is 0 Å². The minimum Gasteiger partial charge on any atom is -0.384 e. The van der Waals surface area contributed by atoms with Crippen LogP contribution in [0.2, 0.25) is 0 Å². The Morgan fingerprint density at radius 2 is 1.58 bits per heavy atom. The van der Waals surface area contributed by atoms with E-state index in [1.54, 1.807) is 18.2 Å². The number of aryl methyl sites for hydroxylation is 1. The van der Waals surface area contributed by atoms with Crippen molar-refractivity contribution < 1.29 is 18.3 Å². The number of benzene rings is 2. The van der Waals surface area contributed by atoms with Crippen molar-refractivity contribution in [1.82, 2.24) is 0 Å². The van der Waals surface area contributed by atoms with Crippen LogP contribution in [0.15, 0.2) is 34.8 Å². The Kier molecular flexibility index (Phi) is 3.96. The molecule has 0 radical (unpaired) electrons. The Morgan fingerprint density at radius 3 is 2.21 bits per heavy atom. The lowest BCUT2D eigenvalue weighted by atomic mass is 10.00. The molecule has 0 aliphatic carbocycles. The maximum Gasteiger partial charge on any atom is 0.161 e. The molecule has 1 N–H and O–H groups in total. The molecule has 0 saturated heterocycles. The summed E-state index contributed by atoms with van der Waals surface area (Å²) in [7, 11) is 0. The van der Waals surface area contributed by atoms with Gasteiger partial charge in [-0.25, -0.2) is 13.2 Å². The van der Waals surface area contributed by atoms with E-state index in [0.717, 1.165) is 5.56 Å². The molecule has 0 amide bonds. The molecule has 0 aliphatic rings. The van der Waals surface area contributed by atoms with E-state index in [4.69, 9.17) is 0 Å². The smallest absolute Gasteiger partial charge is 0.161 e. The molecule has 0 aliphatic heterocycles. The lowest BCUT2D eigenvalue weighted by molar-refractivity contribution is 0.213. The summed E-state index contributed by atoms with van der Waals surface area (Å²) in [5, 5.41) is 10.1. The van der Waals surface area contributed by atoms with Crippen molar-refractivity contribution in [3.8, 4) is 0 Å². The monoisotopic (exact) mass is 330 g/mol. The highest BCUT2D eigenvalue weighted by Gasteiger charge is 2.20. The fourth-order valence-electron chi connectivity index (χ4n) is 1.77. The predicted octanol–water partition coefficient (Wildman–Crippen LogP) is 4.26. The molecule has 1 atom stereocenters. The van der Waals surface area contributed by atoms with Crippen molar-refractivity contribution in [3.05, 3.63) is 68.9 Å². The highest BCUT2D eigenvalue weighted by molar-refractivity contribution is 9.10. The van der Waals surface area contributed by atoms with Gasteiger partial charge in [-0.2, -0.15) is 0 Å². The van der Waals surface area contributed by atoms with Gasteiger partial charge in [0, 0.05) is 16.1 Å². The van der Waals surface area contributed by atoms with Gasteiger partial charge in [-0.15, -0.1) is 0 Å². The van der Waals surface area contributed by atoms with Crippen molar-refractivity contribution in [1.29, 1.82) is 0 Å². The molecule has 0 bridgehead atoms. The zero-order valence-corrected chi connectivity index (χ0v) is 11.5. The Morgan fingerprint density at radius 1 is 0.947 bits per heavy atom. The molecule has 1 unspecified atom stereocenters. The normalized spacial score (nSPS) is 12.5. The largest absolute Gasteiger partial charge is 0.384 e. The first-order chi connectivity index (χ1) is 8.90. The van der Waals surface area contributed by atoms with Crippen LogP contribution in [-0.2, 0) is 0 Å². The van der Waals surface area contributed by atoms with Crippen molar-refractivity contribution in [2.24, 2.45) is 0 Å². The first-order valence-electron chi connectivity index (χ1n) is 5.48. The second kappa shape index (κ2) is 5.35. The lowest BCUT2D eigenvalue weighted by Gasteiger charge is -2.15. The molecular weight excluding hydrogens is 321 g/mol. The summed E-state index contributed by atoms with van der Waals surface area (Å²) in [4.78, 5) is 0. The van der Waals surface area contributed by atoms with Crippen molar-refractivity contribution in [3.63, 3.8) is 0 Å². The Hall–Kier alpha value is -1.33. The molecule has 100 valence electrons. The van der Waals surface area contributed by atoms with E-state index in [0.29, 0.717) is 22.2 Å². The van der Waals surface area contributed by atoms with Crippen molar-refractivity contribution in [2.75, 3.05) is 0 Å². The Bertz CT molecular complexity index is 628. The van der Waals surface area contributed by atoms with E-state index in [9.17, 15) is 18.3 Å². The third-order valence-corrected chi connectivity index (χ3v) is 3.47. The maximum absolute atomic E-state index is 13.6. The number of rotatable bonds is 2. The van der Waals surface area contributed by atoms with Gasteiger partial charge in [-0.05, 0) is 30.2 Å². The van der Waals surface area contributed by atoms with Crippen LogP contribution in [0.5, 0.6) is 0 Å². The number of hydrogen-bond donors (Lipinski definition) is 1. The molecule has 0 spiro atoms. The SMILES string of the molecule is Cc1ccc(C(O)c2cc(F)c(F)cc2F)c(Br)c1. The van der Waals surface area contributed by atoms with Gasteiger partial charge < -0.3 is 5.11 Å². The average Bonchev–Trinajstić information content (AvgIpc) is 2.33. The van der Waals surface area contributed by atoms with Crippen LogP contribution in [0.25, 0.3) is 0 Å². The summed E-state index contributed by atoms with van der Waals surface area (Å²) in [6, 6.07) is 6.18. The van der Waals surface area contributed by atoms with Crippen molar-refractivity contribution >= 4 is 15.9 Å². The Labute approximate surface area is 116 Å². The number of aliphatic hydroxyl groups excluding tert-OH is 1. The summed E-state index contributed by atoms with van der Waals surface area (Å²) in [6.07, 6.45) is -1.37. The van der Waals surface area contributed by atoms with E-state index in [-0.39, 0.29) is 5.56 Å². The zero-order chi connectivity index (χ0) is 14.2. The Balaban J connectivity index is 2.49. The van der Waals surface area contributed by atoms with Crippen LogP contribution in [0.4, 0.5) is 13.2 Å². The van der Waals surface area contributed by atoms with E-state index in [1.807, 2.05) is 6.92 Å². The molecule has 1 nitrogen and oxygen atoms in total. The average molecular weight is 331 g/mol. The minimum atomic E-state index is -1.37. The standard InChI is InChI=1S/C14H10BrF3O/c1-7-2-3-8(10(15)4-7)14(19)9-5-12(17)13(18)6-11(9)16/h2-6,14,19H,1H3. The molecule has 5 heteroatoms. The molecular formula is C14H10BrF3O. The van der Waals surface area contributed by atoms with E-state index < -0.39 is 23.6 Å². The molecule has 2 aromatic carbocycles. The molecule has 2 rings (SSSR count). The number of aliphatic hydroxyl groups is 1. The van der Waals surface area contributed by atoms with Crippen LogP contribution in [-0.4, -0.2) is 5.11 Å². The topological polar surface area (TPSA) is 20.2 Å². The quantitative estimate of drug-likeness (QED) is 0.816. The fourth-order valence-corrected chi connectivity index (χ4v) is 2.48. The van der Waals surface area contributed by atoms with E-state index >= 15 is 0 Å². The predicted molar refractivity (Wildman–Crippen MR) is 69.3 cm³/mol. The summed E-state index contributed by atoms with van der Waals surface area (Å²) in [5.74, 6) is -3.46. The third-order valence-electron chi connectivity index (χ3n) is 2.78. The molecule has 0 heterocycles. The zero-order valence-electron chi connectivity index (χ0n) is 9.92. The van der Waals surface area contributed by atoms with Gasteiger partial charge in [0.25, 0.3) is 0 Å². The van der Waals surface area contributed by atoms with E-state index in [2.05, 4.69) is 15.9 Å². The highest BCUT2D eigenvalue weighted by Crippen LogP contribution is 2.31. The van der Waals surface area contributed by atoms with Gasteiger partial charge in [-0.3, -0.25) is 0 Å². The lowest BCUT2D eigenvalue weighted by Crippen LogP contribution is -2.05. The molecule has 0 saturated carbocycles. The number of hydrogen-bond acceptors (Lipinski definition) is 1. The van der Waals surface area contributed by atoms with Gasteiger partial charge in [0.1, 0.15) is 11.9 Å². The molecule has 2 aromatic rings. The van der Waals surface area contributed by atoms with Crippen molar-refractivity contribution in [2.45, 2.75) is 13.0 Å². The van der Waals surface area contributed by atoms with Gasteiger partial charge in [0.05, 0.1) is 0 Å². The van der Waals surface area contributed by atoms with Crippen LogP contribution >= 0.6 is 15.9 Å². The van der Waals surface area contributed by atoms with Crippen LogP contribution in [0.3, 0.4) is 0 Å². The first-order valence-corrected chi connectivity index (χ1v) is 6.28. The summed E-state index contributed by atoms with van der Waals surface area (Å²) < 4.78 is 40.2. The first kappa shape index (κ1) is 14.1. The molecule has 19 heavy (non-hydrogen) atoms. The van der Waals surface area contributed by atoms with Gasteiger partial charge in [0.15, 0.2) is 11.6 Å². The fraction of sp³-hybridized carbons (Fsp3) is 0.143. The summed E-state index contributed by atoms with van der Waals surface area (Å²) >= 11 is 3.25. The molecule has 0 fully saturated rings. The summed E-state index contributed by atoms with van der Waals surface area (Å²) in [6.45, 7) is 1.86. The molecule has 0 aromatic heterocycles. The van der Waals surface area contributed by atoms with Crippen LogP contribution in [0.1, 0.15) is 22.8 Å². The van der Waals surface area contributed by atoms with Gasteiger partial charge >= 0.3 is 0 Å². The number of halogens is 4. The van der Waals surface area contributed by atoms with Crippen LogP contribution < -0.4 is 0 Å². The minimum absolute atomic E-state index is 0.302. The van der Waals surface area contributed by atoms with Gasteiger partial charge in [-0.1, -0.05) is 28.1 Å². The van der Waals surface area contributed by atoms with Crippen LogP contribution in [0, 0.1) is 24.4 Å².